The fraction of sp³-hybridized carbons (Fsp3) is 0.348. The lowest BCUT2D eigenvalue weighted by molar-refractivity contribution is -0.121. The molecule has 0 spiro atoms. The largest absolute Gasteiger partial charge is 0.491 e. The summed E-state index contributed by atoms with van der Waals surface area (Å²) in [5.74, 6) is -1.06. The third-order valence-electron chi connectivity index (χ3n) is 4.67. The maximum Gasteiger partial charge on any atom is 0.411 e. The Labute approximate surface area is 191 Å². The number of carbonyl (C=O) groups excluding carboxylic acids is 2. The highest BCUT2D eigenvalue weighted by Crippen LogP contribution is 2.30. The van der Waals surface area contributed by atoms with Crippen molar-refractivity contribution >= 4 is 23.6 Å². The van der Waals surface area contributed by atoms with E-state index >= 15 is 0 Å². The Hall–Kier alpha value is -3.66. The van der Waals surface area contributed by atoms with Crippen LogP contribution in [0.3, 0.4) is 0 Å². The van der Waals surface area contributed by atoms with Crippen molar-refractivity contribution in [1.82, 2.24) is 10.2 Å². The van der Waals surface area contributed by atoms with Crippen molar-refractivity contribution in [1.29, 1.82) is 0 Å². The van der Waals surface area contributed by atoms with Crippen LogP contribution < -0.4 is 15.4 Å². The van der Waals surface area contributed by atoms with Gasteiger partial charge in [0.2, 0.25) is 5.91 Å². The fourth-order valence-corrected chi connectivity index (χ4v) is 3.23. The summed E-state index contributed by atoms with van der Waals surface area (Å²) in [5, 5.41) is 13.5. The number of halogens is 1. The summed E-state index contributed by atoms with van der Waals surface area (Å²) in [6.07, 6.45) is -1.48. The first-order chi connectivity index (χ1) is 15.9. The molecule has 0 aromatic heterocycles. The average Bonchev–Trinajstić information content (AvgIpc) is 3.10. The number of hydrogen-bond donors (Lipinski definition) is 3. The number of imide groups is 1. The number of fused-ring (bicyclic) bond motifs is 1. The van der Waals surface area contributed by atoms with E-state index in [1.807, 2.05) is 13.8 Å². The number of amides is 3. The van der Waals surface area contributed by atoms with E-state index in [0.29, 0.717) is 41.3 Å². The summed E-state index contributed by atoms with van der Waals surface area (Å²) in [6.45, 7) is 4.66. The van der Waals surface area contributed by atoms with Crippen molar-refractivity contribution in [3.63, 3.8) is 0 Å². The molecule has 2 aromatic rings. The molecular weight excluding hydrogens is 433 g/mol. The standard InChI is InChI=1S/C21H22FN3O6.C2H6/c1-30-7-8-31-14-5-6-17(22)13(9-14)10-23-18-4-2-3-15-16(18)11-25(20(15)27)12-19(26)24-21(28)29;1-2/h2-6,9,23H,7-8,10-12H2,1H3,(H,24,26)(H,28,29);1-2H3. The van der Waals surface area contributed by atoms with Crippen LogP contribution in [0.2, 0.25) is 0 Å². The molecule has 0 fully saturated rings. The van der Waals surface area contributed by atoms with Gasteiger partial charge in [0.05, 0.1) is 6.61 Å². The number of nitrogens with one attached hydrogen (secondary N) is 2. The van der Waals surface area contributed by atoms with Gasteiger partial charge < -0.3 is 24.8 Å². The monoisotopic (exact) mass is 461 g/mol. The van der Waals surface area contributed by atoms with Crippen molar-refractivity contribution in [3.8, 4) is 5.75 Å². The highest BCUT2D eigenvalue weighted by Gasteiger charge is 2.30. The molecule has 0 radical (unpaired) electrons. The topological polar surface area (TPSA) is 117 Å². The Balaban J connectivity index is 0.00000187. The zero-order chi connectivity index (χ0) is 24.4. The predicted molar refractivity (Wildman–Crippen MR) is 120 cm³/mol. The molecule has 0 bridgehead atoms. The number of ether oxygens (including phenoxy) is 2. The Morgan fingerprint density at radius 1 is 1.18 bits per heavy atom. The predicted octanol–water partition coefficient (Wildman–Crippen LogP) is 3.24. The molecule has 3 amide bonds. The van der Waals surface area contributed by atoms with Gasteiger partial charge in [-0.3, -0.25) is 14.9 Å². The van der Waals surface area contributed by atoms with Crippen LogP contribution in [0, 0.1) is 5.82 Å². The van der Waals surface area contributed by atoms with E-state index in [1.165, 1.54) is 17.0 Å². The van der Waals surface area contributed by atoms with E-state index in [0.717, 1.165) is 0 Å². The molecule has 3 N–H and O–H groups in total. The number of carbonyl (C=O) groups is 3. The van der Waals surface area contributed by atoms with Gasteiger partial charge in [-0.25, -0.2) is 9.18 Å². The quantitative estimate of drug-likeness (QED) is 0.491. The van der Waals surface area contributed by atoms with Gasteiger partial charge >= 0.3 is 6.09 Å². The molecule has 1 aliphatic heterocycles. The molecule has 9 nitrogen and oxygen atoms in total. The van der Waals surface area contributed by atoms with Crippen LogP contribution in [-0.2, 0) is 22.6 Å². The second-order valence-electron chi connectivity index (χ2n) is 6.79. The average molecular weight is 461 g/mol. The van der Waals surface area contributed by atoms with Gasteiger partial charge in [-0.05, 0) is 30.3 Å². The van der Waals surface area contributed by atoms with Crippen molar-refractivity contribution in [2.75, 3.05) is 32.2 Å². The van der Waals surface area contributed by atoms with E-state index in [9.17, 15) is 18.8 Å². The first-order valence-corrected chi connectivity index (χ1v) is 10.5. The lowest BCUT2D eigenvalue weighted by Gasteiger charge is -2.15. The van der Waals surface area contributed by atoms with Crippen LogP contribution in [0.5, 0.6) is 5.75 Å². The molecule has 33 heavy (non-hydrogen) atoms. The highest BCUT2D eigenvalue weighted by atomic mass is 19.1. The number of methoxy groups -OCH3 is 1. The van der Waals surface area contributed by atoms with Gasteiger partial charge in [-0.15, -0.1) is 0 Å². The molecule has 0 unspecified atom stereocenters. The summed E-state index contributed by atoms with van der Waals surface area (Å²) in [5.41, 5.74) is 2.07. The Kier molecular flexibility index (Phi) is 9.62. The number of benzene rings is 2. The summed E-state index contributed by atoms with van der Waals surface area (Å²) >= 11 is 0. The molecule has 1 aliphatic rings. The lowest BCUT2D eigenvalue weighted by Crippen LogP contribution is -2.39. The Morgan fingerprint density at radius 2 is 1.94 bits per heavy atom. The van der Waals surface area contributed by atoms with Crippen LogP contribution in [0.1, 0.15) is 35.3 Å². The minimum Gasteiger partial charge on any atom is -0.491 e. The second kappa shape index (κ2) is 12.4. The summed E-state index contributed by atoms with van der Waals surface area (Å²) in [4.78, 5) is 36.1. The molecule has 0 saturated carbocycles. The first kappa shape index (κ1) is 25.6. The van der Waals surface area contributed by atoms with E-state index in [2.05, 4.69) is 5.32 Å². The van der Waals surface area contributed by atoms with E-state index in [-0.39, 0.29) is 25.5 Å². The number of hydrogen-bond acceptors (Lipinski definition) is 6. The molecule has 0 saturated heterocycles. The number of rotatable bonds is 9. The van der Waals surface area contributed by atoms with Crippen molar-refractivity contribution in [2.45, 2.75) is 26.9 Å². The van der Waals surface area contributed by atoms with Crippen molar-refractivity contribution in [3.05, 3.63) is 58.9 Å². The fourth-order valence-electron chi connectivity index (χ4n) is 3.23. The molecule has 0 aliphatic carbocycles. The SMILES string of the molecule is CC.COCCOc1ccc(F)c(CNc2cccc3c2CN(CC(=O)NC(=O)O)C3=O)c1. The third-order valence-corrected chi connectivity index (χ3v) is 4.67. The maximum atomic E-state index is 14.2. The van der Waals surface area contributed by atoms with E-state index in [4.69, 9.17) is 14.6 Å². The number of carboxylic acid groups (broad SMARTS) is 1. The van der Waals surface area contributed by atoms with Gasteiger partial charge in [0.1, 0.15) is 24.7 Å². The minimum absolute atomic E-state index is 0.132. The van der Waals surface area contributed by atoms with Crippen LogP contribution in [0.15, 0.2) is 36.4 Å². The van der Waals surface area contributed by atoms with Crippen LogP contribution in [0.25, 0.3) is 0 Å². The Morgan fingerprint density at radius 3 is 2.64 bits per heavy atom. The summed E-state index contributed by atoms with van der Waals surface area (Å²) in [7, 11) is 1.56. The van der Waals surface area contributed by atoms with Gasteiger partial charge in [-0.1, -0.05) is 19.9 Å². The lowest BCUT2D eigenvalue weighted by atomic mass is 10.1. The van der Waals surface area contributed by atoms with Crippen LogP contribution in [-0.4, -0.2) is 54.8 Å². The van der Waals surface area contributed by atoms with Gasteiger partial charge in [-0.2, -0.15) is 0 Å². The first-order valence-electron chi connectivity index (χ1n) is 10.5. The molecule has 2 aromatic carbocycles. The maximum absolute atomic E-state index is 14.2. The minimum atomic E-state index is -1.48. The van der Waals surface area contributed by atoms with Gasteiger partial charge in [0.25, 0.3) is 5.91 Å². The number of nitrogens with zero attached hydrogens (tertiary/aromatic N) is 1. The highest BCUT2D eigenvalue weighted by molar-refractivity contribution is 6.02. The molecule has 3 rings (SSSR count). The summed E-state index contributed by atoms with van der Waals surface area (Å²) < 4.78 is 24.7. The van der Waals surface area contributed by atoms with Crippen LogP contribution in [0.4, 0.5) is 14.9 Å². The van der Waals surface area contributed by atoms with Gasteiger partial charge in [0, 0.05) is 42.6 Å². The number of anilines is 1. The van der Waals surface area contributed by atoms with Gasteiger partial charge in [0.15, 0.2) is 0 Å². The van der Waals surface area contributed by atoms with Crippen molar-refractivity contribution in [2.24, 2.45) is 0 Å². The molecule has 178 valence electrons. The molecule has 0 atom stereocenters. The smallest absolute Gasteiger partial charge is 0.411 e. The van der Waals surface area contributed by atoms with E-state index in [1.54, 1.807) is 36.7 Å². The Bertz CT molecular complexity index is 998. The molecular formula is C23H28FN3O6. The van der Waals surface area contributed by atoms with E-state index < -0.39 is 17.8 Å². The second-order valence-corrected chi connectivity index (χ2v) is 6.79. The third kappa shape index (κ3) is 6.91. The zero-order valence-electron chi connectivity index (χ0n) is 18.8. The summed E-state index contributed by atoms with van der Waals surface area (Å²) in [6, 6.07) is 9.51. The normalized spacial score (nSPS) is 11.9. The molecule has 10 heteroatoms. The zero-order valence-corrected chi connectivity index (χ0v) is 18.8. The van der Waals surface area contributed by atoms with Crippen molar-refractivity contribution < 1.29 is 33.4 Å². The molecule has 1 heterocycles. The van der Waals surface area contributed by atoms with Crippen LogP contribution >= 0.6 is 0 Å².